The van der Waals surface area contributed by atoms with Crippen LogP contribution in [0, 0.1) is 17.2 Å². The van der Waals surface area contributed by atoms with Gasteiger partial charge in [0.1, 0.15) is 6.07 Å². The molecular formula is C13H14N2. The summed E-state index contributed by atoms with van der Waals surface area (Å²) >= 11 is 0. The quantitative estimate of drug-likeness (QED) is 0.649. The topological polar surface area (TPSA) is 35.8 Å². The van der Waals surface area contributed by atoms with Gasteiger partial charge in [-0.15, -0.1) is 0 Å². The van der Waals surface area contributed by atoms with Crippen molar-refractivity contribution >= 4 is 0 Å². The fourth-order valence-electron chi connectivity index (χ4n) is 2.96. The van der Waals surface area contributed by atoms with Gasteiger partial charge in [0.2, 0.25) is 0 Å². The lowest BCUT2D eigenvalue weighted by atomic mass is 9.87. The molecule has 0 aromatic heterocycles. The molecule has 0 bridgehead atoms. The van der Waals surface area contributed by atoms with E-state index in [2.05, 4.69) is 23.5 Å². The van der Waals surface area contributed by atoms with Gasteiger partial charge in [0.15, 0.2) is 0 Å². The summed E-state index contributed by atoms with van der Waals surface area (Å²) in [5, 5.41) is 12.6. The highest BCUT2D eigenvalue weighted by molar-refractivity contribution is 5.61. The largest absolute Gasteiger partial charge is 0.387 e. The van der Waals surface area contributed by atoms with Crippen molar-refractivity contribution in [1.82, 2.24) is 5.32 Å². The van der Waals surface area contributed by atoms with Gasteiger partial charge in [0.25, 0.3) is 0 Å². The highest BCUT2D eigenvalue weighted by atomic mass is 14.9. The van der Waals surface area contributed by atoms with Crippen molar-refractivity contribution in [3.05, 3.63) is 34.6 Å². The van der Waals surface area contributed by atoms with Crippen molar-refractivity contribution in [1.29, 1.82) is 5.26 Å². The third-order valence-electron chi connectivity index (χ3n) is 3.62. The van der Waals surface area contributed by atoms with Crippen LogP contribution in [0.4, 0.5) is 0 Å². The predicted octanol–water partition coefficient (Wildman–Crippen LogP) is 2.42. The number of hydrogen-bond acceptors (Lipinski definition) is 2. The van der Waals surface area contributed by atoms with Crippen LogP contribution in [0.15, 0.2) is 34.6 Å². The van der Waals surface area contributed by atoms with Gasteiger partial charge in [-0.2, -0.15) is 5.26 Å². The molecular weight excluding hydrogens is 184 g/mol. The summed E-state index contributed by atoms with van der Waals surface area (Å²) in [6.45, 7) is 1.03. The standard InChI is InChI=1S/C13H14N2/c14-8-12-10-5-2-1-4-9(10)11-6-3-7-15-13(11)12/h2,5,11,15H,1,3-4,6-7H2. The van der Waals surface area contributed by atoms with E-state index in [0.717, 1.165) is 25.0 Å². The van der Waals surface area contributed by atoms with Crippen LogP contribution < -0.4 is 5.32 Å². The average molecular weight is 198 g/mol. The van der Waals surface area contributed by atoms with Gasteiger partial charge in [-0.1, -0.05) is 17.7 Å². The Morgan fingerprint density at radius 2 is 2.40 bits per heavy atom. The third-order valence-corrected chi connectivity index (χ3v) is 3.62. The fourth-order valence-corrected chi connectivity index (χ4v) is 2.96. The van der Waals surface area contributed by atoms with Crippen molar-refractivity contribution in [2.45, 2.75) is 25.7 Å². The van der Waals surface area contributed by atoms with Crippen molar-refractivity contribution in [2.24, 2.45) is 5.92 Å². The highest BCUT2D eigenvalue weighted by Gasteiger charge is 2.34. The number of nitriles is 1. The summed E-state index contributed by atoms with van der Waals surface area (Å²) in [5.41, 5.74) is 4.85. The van der Waals surface area contributed by atoms with E-state index in [-0.39, 0.29) is 0 Å². The zero-order valence-corrected chi connectivity index (χ0v) is 8.71. The second-order valence-electron chi connectivity index (χ2n) is 4.40. The first-order chi connectivity index (χ1) is 7.42. The molecule has 0 amide bonds. The maximum absolute atomic E-state index is 9.23. The summed E-state index contributed by atoms with van der Waals surface area (Å²) in [5.74, 6) is 0.536. The lowest BCUT2D eigenvalue weighted by Gasteiger charge is -2.25. The number of fused-ring (bicyclic) bond motifs is 2. The molecule has 0 aromatic carbocycles. The Morgan fingerprint density at radius 1 is 1.47 bits per heavy atom. The first-order valence-electron chi connectivity index (χ1n) is 5.70. The summed E-state index contributed by atoms with van der Waals surface area (Å²) in [6, 6.07) is 2.37. The van der Waals surface area contributed by atoms with Gasteiger partial charge in [-0.25, -0.2) is 0 Å². The monoisotopic (exact) mass is 198 g/mol. The minimum Gasteiger partial charge on any atom is -0.387 e. The smallest absolute Gasteiger partial charge is 0.102 e. The van der Waals surface area contributed by atoms with Gasteiger partial charge < -0.3 is 5.32 Å². The second kappa shape index (κ2) is 3.27. The zero-order chi connectivity index (χ0) is 10.3. The normalized spacial score (nSPS) is 28.3. The molecule has 1 fully saturated rings. The zero-order valence-electron chi connectivity index (χ0n) is 8.71. The maximum Gasteiger partial charge on any atom is 0.102 e. The lowest BCUT2D eigenvalue weighted by molar-refractivity contribution is 0.487. The molecule has 0 aromatic rings. The van der Waals surface area contributed by atoms with Crippen LogP contribution in [0.5, 0.6) is 0 Å². The molecule has 0 saturated carbocycles. The Balaban J connectivity index is 2.11. The van der Waals surface area contributed by atoms with Gasteiger partial charge in [0.05, 0.1) is 5.57 Å². The highest BCUT2D eigenvalue weighted by Crippen LogP contribution is 2.44. The van der Waals surface area contributed by atoms with E-state index >= 15 is 0 Å². The van der Waals surface area contributed by atoms with E-state index < -0.39 is 0 Å². The van der Waals surface area contributed by atoms with Crippen molar-refractivity contribution in [2.75, 3.05) is 6.54 Å². The number of nitrogens with zero attached hydrogens (tertiary/aromatic N) is 1. The first kappa shape index (κ1) is 8.79. The predicted molar refractivity (Wildman–Crippen MR) is 58.8 cm³/mol. The molecule has 1 saturated heterocycles. The molecule has 15 heavy (non-hydrogen) atoms. The van der Waals surface area contributed by atoms with Crippen LogP contribution in [0.25, 0.3) is 0 Å². The van der Waals surface area contributed by atoms with E-state index in [9.17, 15) is 5.26 Å². The first-order valence-corrected chi connectivity index (χ1v) is 5.70. The molecule has 1 aliphatic heterocycles. The van der Waals surface area contributed by atoms with Gasteiger partial charge in [0, 0.05) is 18.2 Å². The van der Waals surface area contributed by atoms with Gasteiger partial charge in [-0.3, -0.25) is 0 Å². The van der Waals surface area contributed by atoms with Crippen LogP contribution in [0.2, 0.25) is 0 Å². The summed E-state index contributed by atoms with van der Waals surface area (Å²) in [7, 11) is 0. The maximum atomic E-state index is 9.23. The number of piperidine rings is 1. The Kier molecular flexibility index (Phi) is 1.92. The molecule has 76 valence electrons. The Hall–Kier alpha value is -1.49. The number of hydrogen-bond donors (Lipinski definition) is 1. The second-order valence-corrected chi connectivity index (χ2v) is 4.40. The van der Waals surface area contributed by atoms with Crippen LogP contribution in [-0.2, 0) is 0 Å². The number of rotatable bonds is 0. The Bertz CT molecular complexity index is 432. The molecule has 1 atom stereocenters. The van der Waals surface area contributed by atoms with Crippen molar-refractivity contribution < 1.29 is 0 Å². The fraction of sp³-hybridized carbons (Fsp3) is 0.462. The van der Waals surface area contributed by atoms with E-state index in [1.165, 1.54) is 29.7 Å². The van der Waals surface area contributed by atoms with Gasteiger partial charge in [-0.05, 0) is 31.3 Å². The van der Waals surface area contributed by atoms with Crippen LogP contribution in [0.3, 0.4) is 0 Å². The van der Waals surface area contributed by atoms with Crippen molar-refractivity contribution in [3.63, 3.8) is 0 Å². The molecule has 3 aliphatic rings. The van der Waals surface area contributed by atoms with Crippen LogP contribution >= 0.6 is 0 Å². The molecule has 3 rings (SSSR count). The van der Waals surface area contributed by atoms with Crippen LogP contribution in [0.1, 0.15) is 25.7 Å². The summed E-state index contributed by atoms with van der Waals surface area (Å²) in [6.07, 6.45) is 9.07. The van der Waals surface area contributed by atoms with E-state index in [1.54, 1.807) is 0 Å². The molecule has 0 spiro atoms. The van der Waals surface area contributed by atoms with E-state index in [1.807, 2.05) is 0 Å². The molecule has 0 radical (unpaired) electrons. The molecule has 1 unspecified atom stereocenters. The van der Waals surface area contributed by atoms with Crippen LogP contribution in [-0.4, -0.2) is 6.54 Å². The molecule has 2 nitrogen and oxygen atoms in total. The number of nitrogens with one attached hydrogen (secondary N) is 1. The number of allylic oxidation sites excluding steroid dienone is 5. The Labute approximate surface area is 90.0 Å². The minimum atomic E-state index is 0.536. The van der Waals surface area contributed by atoms with E-state index in [0.29, 0.717) is 5.92 Å². The molecule has 2 heteroatoms. The Morgan fingerprint density at radius 3 is 3.27 bits per heavy atom. The van der Waals surface area contributed by atoms with Crippen molar-refractivity contribution in [3.8, 4) is 6.07 Å². The average Bonchev–Trinajstić information content (AvgIpc) is 2.63. The SMILES string of the molecule is N#CC1=C2NCCCC2C2=C1C=CCC2. The third kappa shape index (κ3) is 1.16. The lowest BCUT2D eigenvalue weighted by Crippen LogP contribution is -2.27. The summed E-state index contributed by atoms with van der Waals surface area (Å²) in [4.78, 5) is 0. The minimum absolute atomic E-state index is 0.536. The van der Waals surface area contributed by atoms with Gasteiger partial charge >= 0.3 is 0 Å². The molecule has 1 heterocycles. The summed E-state index contributed by atoms with van der Waals surface area (Å²) < 4.78 is 0. The van der Waals surface area contributed by atoms with E-state index in [4.69, 9.17) is 0 Å². The molecule has 1 N–H and O–H groups in total. The molecule has 2 aliphatic carbocycles.